The molecule has 1 amide bonds. The Morgan fingerprint density at radius 1 is 1.41 bits per heavy atom. The largest absolute Gasteiger partial charge is 0.481 e. The lowest BCUT2D eigenvalue weighted by molar-refractivity contribution is -0.144. The fourth-order valence-corrected chi connectivity index (χ4v) is 3.85. The number of aromatic nitrogens is 1. The Balaban J connectivity index is 1.77. The normalized spacial score (nSPS) is 23.6. The zero-order chi connectivity index (χ0) is 15.9. The molecule has 1 aromatic rings. The molecule has 0 saturated carbocycles. The van der Waals surface area contributed by atoms with Gasteiger partial charge in [0, 0.05) is 25.7 Å². The first kappa shape index (κ1) is 15.4. The highest BCUT2D eigenvalue weighted by molar-refractivity contribution is 6.36. The minimum atomic E-state index is -0.922. The van der Waals surface area contributed by atoms with Crippen LogP contribution in [-0.2, 0) is 9.59 Å². The smallest absolute Gasteiger partial charge is 0.309 e. The minimum absolute atomic E-state index is 0.0509. The van der Waals surface area contributed by atoms with Gasteiger partial charge in [-0.1, -0.05) is 23.2 Å². The second-order valence-corrected chi connectivity index (χ2v) is 6.59. The van der Waals surface area contributed by atoms with E-state index in [0.29, 0.717) is 41.8 Å². The molecule has 2 saturated heterocycles. The Labute approximate surface area is 137 Å². The van der Waals surface area contributed by atoms with Crippen LogP contribution in [-0.4, -0.2) is 40.6 Å². The van der Waals surface area contributed by atoms with E-state index in [-0.39, 0.29) is 12.3 Å². The fraction of sp³-hybridized carbons (Fsp3) is 0.500. The van der Waals surface area contributed by atoms with Crippen LogP contribution in [0.3, 0.4) is 0 Å². The number of hydrogen-bond donors (Lipinski definition) is 2. The molecule has 8 heteroatoms. The van der Waals surface area contributed by atoms with Gasteiger partial charge in [0.05, 0.1) is 21.5 Å². The van der Waals surface area contributed by atoms with Crippen LogP contribution in [0.5, 0.6) is 0 Å². The third-order valence-corrected chi connectivity index (χ3v) is 4.97. The number of carboxylic acid groups (broad SMARTS) is 1. The van der Waals surface area contributed by atoms with E-state index in [2.05, 4.69) is 10.3 Å². The summed E-state index contributed by atoms with van der Waals surface area (Å²) >= 11 is 12.0. The second-order valence-electron chi connectivity index (χ2n) is 5.75. The highest BCUT2D eigenvalue weighted by Gasteiger charge is 2.51. The van der Waals surface area contributed by atoms with Gasteiger partial charge in [-0.3, -0.25) is 9.59 Å². The third kappa shape index (κ3) is 2.61. The van der Waals surface area contributed by atoms with Crippen molar-refractivity contribution in [3.8, 4) is 0 Å². The number of nitrogens with one attached hydrogen (secondary N) is 1. The number of carboxylic acids is 1. The lowest BCUT2D eigenvalue weighted by Gasteiger charge is -2.42. The molecule has 2 fully saturated rings. The topological polar surface area (TPSA) is 82.5 Å². The maximum Gasteiger partial charge on any atom is 0.309 e. The van der Waals surface area contributed by atoms with Crippen molar-refractivity contribution >= 4 is 40.9 Å². The Bertz CT molecular complexity index is 630. The van der Waals surface area contributed by atoms with Crippen molar-refractivity contribution in [1.29, 1.82) is 0 Å². The molecule has 0 aliphatic carbocycles. The molecule has 1 spiro atoms. The summed E-state index contributed by atoms with van der Waals surface area (Å²) in [7, 11) is 0. The SMILES string of the molecule is O=C1C[C@H](C(=O)O)C2(CCN(c3ncc(Cl)cc3Cl)CC2)N1. The lowest BCUT2D eigenvalue weighted by atomic mass is 9.78. The molecule has 1 aromatic heterocycles. The van der Waals surface area contributed by atoms with E-state index in [0.717, 1.165) is 0 Å². The van der Waals surface area contributed by atoms with E-state index >= 15 is 0 Å². The van der Waals surface area contributed by atoms with E-state index in [1.165, 1.54) is 6.20 Å². The summed E-state index contributed by atoms with van der Waals surface area (Å²) in [5.41, 5.74) is -0.654. The van der Waals surface area contributed by atoms with Gasteiger partial charge in [-0.15, -0.1) is 0 Å². The predicted molar refractivity (Wildman–Crippen MR) is 82.3 cm³/mol. The molecule has 3 heterocycles. The maximum absolute atomic E-state index is 11.6. The number of amides is 1. The highest BCUT2D eigenvalue weighted by atomic mass is 35.5. The summed E-state index contributed by atoms with van der Waals surface area (Å²) in [5, 5.41) is 13.2. The van der Waals surface area contributed by atoms with E-state index in [4.69, 9.17) is 23.2 Å². The van der Waals surface area contributed by atoms with Gasteiger partial charge in [-0.2, -0.15) is 0 Å². The predicted octanol–water partition coefficient (Wildman–Crippen LogP) is 1.95. The van der Waals surface area contributed by atoms with Crippen molar-refractivity contribution in [2.45, 2.75) is 24.8 Å². The number of anilines is 1. The van der Waals surface area contributed by atoms with Crippen molar-refractivity contribution in [2.75, 3.05) is 18.0 Å². The number of halogens is 2. The molecule has 6 nitrogen and oxygen atoms in total. The molecule has 2 aliphatic rings. The van der Waals surface area contributed by atoms with Gasteiger partial charge < -0.3 is 15.3 Å². The lowest BCUT2D eigenvalue weighted by Crippen LogP contribution is -2.55. The van der Waals surface area contributed by atoms with Crippen LogP contribution in [0.2, 0.25) is 10.0 Å². The monoisotopic (exact) mass is 343 g/mol. The minimum Gasteiger partial charge on any atom is -0.481 e. The first-order chi connectivity index (χ1) is 10.4. The van der Waals surface area contributed by atoms with Gasteiger partial charge in [0.25, 0.3) is 0 Å². The first-order valence-corrected chi connectivity index (χ1v) is 7.77. The van der Waals surface area contributed by atoms with Gasteiger partial charge in [0.1, 0.15) is 5.82 Å². The van der Waals surface area contributed by atoms with Crippen LogP contribution in [0.1, 0.15) is 19.3 Å². The van der Waals surface area contributed by atoms with Crippen molar-refractivity contribution in [1.82, 2.24) is 10.3 Å². The average Bonchev–Trinajstić information content (AvgIpc) is 2.77. The molecule has 2 N–H and O–H groups in total. The highest BCUT2D eigenvalue weighted by Crippen LogP contribution is 2.38. The molecule has 22 heavy (non-hydrogen) atoms. The molecule has 0 bridgehead atoms. The average molecular weight is 344 g/mol. The molecule has 2 aliphatic heterocycles. The van der Waals surface area contributed by atoms with Crippen LogP contribution in [0, 0.1) is 5.92 Å². The zero-order valence-electron chi connectivity index (χ0n) is 11.7. The zero-order valence-corrected chi connectivity index (χ0v) is 13.2. The number of pyridine rings is 1. The quantitative estimate of drug-likeness (QED) is 0.857. The molecule has 3 rings (SSSR count). The first-order valence-electron chi connectivity index (χ1n) is 7.01. The van der Waals surface area contributed by atoms with Gasteiger partial charge >= 0.3 is 5.97 Å². The van der Waals surface area contributed by atoms with E-state index in [9.17, 15) is 14.7 Å². The Morgan fingerprint density at radius 2 is 2.09 bits per heavy atom. The maximum atomic E-state index is 11.6. The summed E-state index contributed by atoms with van der Waals surface area (Å²) in [4.78, 5) is 29.3. The molecule has 0 aromatic carbocycles. The van der Waals surface area contributed by atoms with Crippen LogP contribution in [0.15, 0.2) is 12.3 Å². The summed E-state index contributed by atoms with van der Waals surface area (Å²) in [6.45, 7) is 1.16. The van der Waals surface area contributed by atoms with Crippen molar-refractivity contribution in [2.24, 2.45) is 5.92 Å². The van der Waals surface area contributed by atoms with Gasteiger partial charge in [-0.25, -0.2) is 4.98 Å². The molecule has 0 radical (unpaired) electrons. The second kappa shape index (κ2) is 5.59. The molecular weight excluding hydrogens is 329 g/mol. The van der Waals surface area contributed by atoms with Crippen molar-refractivity contribution in [3.05, 3.63) is 22.3 Å². The summed E-state index contributed by atoms with van der Waals surface area (Å²) in [6, 6.07) is 1.63. The number of carbonyl (C=O) groups is 2. The molecular formula is C14H15Cl2N3O3. The third-order valence-electron chi connectivity index (χ3n) is 4.49. The Kier molecular flexibility index (Phi) is 3.91. The number of hydrogen-bond acceptors (Lipinski definition) is 4. The standard InChI is InChI=1S/C14H15Cl2N3O3/c15-8-5-10(16)12(17-7-8)19-3-1-14(2-4-19)9(13(21)22)6-11(20)18-14/h5,7,9H,1-4,6H2,(H,18,20)(H,21,22)/t9-/m1/s1. The van der Waals surface area contributed by atoms with E-state index in [1.54, 1.807) is 6.07 Å². The van der Waals surface area contributed by atoms with Crippen LogP contribution >= 0.6 is 23.2 Å². The molecule has 1 atom stereocenters. The van der Waals surface area contributed by atoms with Gasteiger partial charge in [0.15, 0.2) is 0 Å². The number of aliphatic carboxylic acids is 1. The number of carbonyl (C=O) groups excluding carboxylic acids is 1. The Hall–Kier alpha value is -1.53. The van der Waals surface area contributed by atoms with Crippen molar-refractivity contribution in [3.63, 3.8) is 0 Å². The summed E-state index contributed by atoms with van der Waals surface area (Å²) in [6.07, 6.45) is 2.69. The number of nitrogens with zero attached hydrogens (tertiary/aromatic N) is 2. The van der Waals surface area contributed by atoms with Gasteiger partial charge in [-0.05, 0) is 18.9 Å². The molecule has 0 unspecified atom stereocenters. The van der Waals surface area contributed by atoms with Crippen LogP contribution in [0.25, 0.3) is 0 Å². The van der Waals surface area contributed by atoms with E-state index < -0.39 is 17.4 Å². The Morgan fingerprint density at radius 3 is 2.68 bits per heavy atom. The van der Waals surface area contributed by atoms with Crippen molar-refractivity contribution < 1.29 is 14.7 Å². The summed E-state index contributed by atoms with van der Waals surface area (Å²) < 4.78 is 0. The number of piperidine rings is 1. The molecule has 118 valence electrons. The number of rotatable bonds is 2. The van der Waals surface area contributed by atoms with Gasteiger partial charge in [0.2, 0.25) is 5.91 Å². The van der Waals surface area contributed by atoms with E-state index in [1.807, 2.05) is 4.90 Å². The van der Waals surface area contributed by atoms with Crippen LogP contribution < -0.4 is 10.2 Å². The van der Waals surface area contributed by atoms with Crippen LogP contribution in [0.4, 0.5) is 5.82 Å². The summed E-state index contributed by atoms with van der Waals surface area (Å²) in [5.74, 6) is -1.15. The fourth-order valence-electron chi connectivity index (χ4n) is 3.35.